The number of hydrogen-bond acceptors (Lipinski definition) is 7. The smallest absolute Gasteiger partial charge is 0.287 e. The second kappa shape index (κ2) is 9.63. The summed E-state index contributed by atoms with van der Waals surface area (Å²) in [6.45, 7) is 0. The van der Waals surface area contributed by atoms with E-state index < -0.39 is 0 Å². The van der Waals surface area contributed by atoms with Gasteiger partial charge in [0, 0.05) is 5.75 Å². The highest BCUT2D eigenvalue weighted by molar-refractivity contribution is 7.98. The van der Waals surface area contributed by atoms with Gasteiger partial charge in [-0.15, -0.1) is 10.2 Å². The van der Waals surface area contributed by atoms with E-state index in [1.165, 1.54) is 18.0 Å². The lowest BCUT2D eigenvalue weighted by Gasteiger charge is -2.17. The summed E-state index contributed by atoms with van der Waals surface area (Å²) >= 11 is 1.45. The Bertz CT molecular complexity index is 1330. The van der Waals surface area contributed by atoms with Crippen molar-refractivity contribution in [2.24, 2.45) is 0 Å². The molecule has 0 amide bonds. The second-order valence-electron chi connectivity index (χ2n) is 7.38. The highest BCUT2D eigenvalue weighted by Crippen LogP contribution is 2.32. The zero-order valence-corrected chi connectivity index (χ0v) is 18.4. The Morgan fingerprint density at radius 2 is 1.85 bits per heavy atom. The zero-order valence-electron chi connectivity index (χ0n) is 17.6. The highest BCUT2D eigenvalue weighted by Gasteiger charge is 2.21. The Morgan fingerprint density at radius 1 is 1.00 bits per heavy atom. The van der Waals surface area contributed by atoms with Gasteiger partial charge in [-0.3, -0.25) is 0 Å². The van der Waals surface area contributed by atoms with Gasteiger partial charge >= 0.3 is 0 Å². The molecule has 6 nitrogen and oxygen atoms in total. The van der Waals surface area contributed by atoms with Gasteiger partial charge in [-0.1, -0.05) is 72.5 Å². The minimum absolute atomic E-state index is 0.276. The third-order valence-corrected chi connectivity index (χ3v) is 6.08. The number of allylic oxidation sites excluding steroid dienone is 4. The van der Waals surface area contributed by atoms with Gasteiger partial charge in [-0.05, 0) is 41.2 Å². The average Bonchev–Trinajstić information content (AvgIpc) is 3.38. The van der Waals surface area contributed by atoms with Gasteiger partial charge < -0.3 is 13.9 Å². The van der Waals surface area contributed by atoms with E-state index in [1.54, 1.807) is 6.26 Å². The van der Waals surface area contributed by atoms with Crippen LogP contribution in [0.1, 0.15) is 29.9 Å². The first kappa shape index (κ1) is 20.9. The van der Waals surface area contributed by atoms with E-state index in [1.807, 2.05) is 60.7 Å². The van der Waals surface area contributed by atoms with Crippen molar-refractivity contribution in [2.45, 2.75) is 23.8 Å². The Kier molecular flexibility index (Phi) is 6.09. The quantitative estimate of drug-likeness (QED) is 0.401. The maximum atomic E-state index is 9.32. The molecule has 0 fully saturated rings. The number of nitrogens with zero attached hydrogens (tertiary/aromatic N) is 3. The first-order valence-electron chi connectivity index (χ1n) is 10.4. The second-order valence-corrected chi connectivity index (χ2v) is 8.30. The number of nitriles is 1. The van der Waals surface area contributed by atoms with Crippen LogP contribution in [0.2, 0.25) is 0 Å². The topological polar surface area (TPSA) is 81.2 Å². The molecule has 3 aromatic rings. The van der Waals surface area contributed by atoms with Crippen molar-refractivity contribution in [2.75, 3.05) is 0 Å². The molecule has 0 atom stereocenters. The molecule has 1 aliphatic heterocycles. The summed E-state index contributed by atoms with van der Waals surface area (Å²) in [6, 6.07) is 17.9. The average molecular weight is 454 g/mol. The lowest BCUT2D eigenvalue weighted by molar-refractivity contribution is 0.271. The van der Waals surface area contributed by atoms with Crippen LogP contribution in [0.15, 0.2) is 100 Å². The van der Waals surface area contributed by atoms with Gasteiger partial charge in [0.05, 0.1) is 11.6 Å². The summed E-state index contributed by atoms with van der Waals surface area (Å²) in [6.07, 6.45) is 11.0. The molecule has 2 aliphatic rings. The summed E-state index contributed by atoms with van der Waals surface area (Å²) < 4.78 is 17.1. The number of rotatable bonds is 6. The lowest BCUT2D eigenvalue weighted by atomic mass is 10.00. The fourth-order valence-corrected chi connectivity index (χ4v) is 4.21. The van der Waals surface area contributed by atoms with E-state index in [0.717, 1.165) is 35.1 Å². The molecule has 0 radical (unpaired) electrons. The van der Waals surface area contributed by atoms with Crippen LogP contribution in [0.3, 0.4) is 0 Å². The molecule has 2 heterocycles. The largest absolute Gasteiger partial charge is 0.465 e. The predicted octanol–water partition coefficient (Wildman–Crippen LogP) is 6.36. The summed E-state index contributed by atoms with van der Waals surface area (Å²) in [5.74, 6) is 1.99. The van der Waals surface area contributed by atoms with Crippen LogP contribution in [0.25, 0.3) is 16.9 Å². The van der Waals surface area contributed by atoms with E-state index >= 15 is 0 Å². The van der Waals surface area contributed by atoms with E-state index in [-0.39, 0.29) is 5.89 Å². The van der Waals surface area contributed by atoms with E-state index in [4.69, 9.17) is 13.9 Å². The van der Waals surface area contributed by atoms with Crippen molar-refractivity contribution >= 4 is 17.5 Å². The van der Waals surface area contributed by atoms with Gasteiger partial charge in [0.25, 0.3) is 11.1 Å². The van der Waals surface area contributed by atoms with Gasteiger partial charge in [-0.2, -0.15) is 5.26 Å². The van der Waals surface area contributed by atoms with Crippen molar-refractivity contribution in [3.8, 4) is 17.2 Å². The van der Waals surface area contributed by atoms with Crippen LogP contribution in [0.4, 0.5) is 0 Å². The summed E-state index contributed by atoms with van der Waals surface area (Å²) in [4.78, 5) is 0. The van der Waals surface area contributed by atoms with Gasteiger partial charge in [0.2, 0.25) is 5.76 Å². The Labute approximate surface area is 195 Å². The van der Waals surface area contributed by atoms with Gasteiger partial charge in [-0.25, -0.2) is 0 Å². The third-order valence-electron chi connectivity index (χ3n) is 5.19. The molecule has 0 N–H and O–H groups in total. The molecule has 0 bridgehead atoms. The SMILES string of the molecule is N#Cc1ccccc1-c1ccc(CSc2nnc(C3=COC=C(C4=CC=CCC4)O3)o2)cc1. The van der Waals surface area contributed by atoms with Gasteiger partial charge in [0.15, 0.2) is 5.76 Å². The Balaban J connectivity index is 1.21. The first-order chi connectivity index (χ1) is 16.3. The van der Waals surface area contributed by atoms with E-state index in [9.17, 15) is 5.26 Å². The summed E-state index contributed by atoms with van der Waals surface area (Å²) in [5, 5.41) is 18.0. The summed E-state index contributed by atoms with van der Waals surface area (Å²) in [7, 11) is 0. The highest BCUT2D eigenvalue weighted by atomic mass is 32.2. The molecule has 0 spiro atoms. The predicted molar refractivity (Wildman–Crippen MR) is 125 cm³/mol. The van der Waals surface area contributed by atoms with Crippen LogP contribution in [-0.2, 0) is 15.2 Å². The van der Waals surface area contributed by atoms with Crippen molar-refractivity contribution in [3.63, 3.8) is 0 Å². The number of hydrogen-bond donors (Lipinski definition) is 0. The van der Waals surface area contributed by atoms with Crippen LogP contribution in [0.5, 0.6) is 0 Å². The van der Waals surface area contributed by atoms with Crippen LogP contribution in [-0.4, -0.2) is 10.2 Å². The third kappa shape index (κ3) is 4.76. The lowest BCUT2D eigenvalue weighted by Crippen LogP contribution is -2.03. The Morgan fingerprint density at radius 3 is 2.67 bits per heavy atom. The van der Waals surface area contributed by atoms with Gasteiger partial charge in [0.1, 0.15) is 12.5 Å². The standard InChI is InChI=1S/C26H19N3O3S/c27-14-21-8-4-5-9-22(21)19-12-10-18(11-13-19)17-33-26-29-28-25(32-26)24-16-30-15-23(31-24)20-6-2-1-3-7-20/h1-2,4-6,8-13,15-16H,3,7,17H2. The van der Waals surface area contributed by atoms with Crippen molar-refractivity contribution in [1.29, 1.82) is 5.26 Å². The zero-order chi connectivity index (χ0) is 22.5. The van der Waals surface area contributed by atoms with E-state index in [2.05, 4.69) is 22.3 Å². The van der Waals surface area contributed by atoms with Crippen molar-refractivity contribution in [3.05, 3.63) is 108 Å². The number of thioether (sulfide) groups is 1. The fourth-order valence-electron chi connectivity index (χ4n) is 3.49. The molecule has 2 aromatic carbocycles. The molecule has 1 aromatic heterocycles. The monoisotopic (exact) mass is 453 g/mol. The molecular formula is C26H19N3O3S. The molecular weight excluding hydrogens is 434 g/mol. The molecule has 0 unspecified atom stereocenters. The molecule has 1 aliphatic carbocycles. The van der Waals surface area contributed by atoms with Crippen molar-refractivity contribution in [1.82, 2.24) is 10.2 Å². The molecule has 33 heavy (non-hydrogen) atoms. The Hall–Kier alpha value is -4.02. The maximum absolute atomic E-state index is 9.32. The van der Waals surface area contributed by atoms with E-state index in [0.29, 0.717) is 28.1 Å². The minimum atomic E-state index is 0.276. The molecule has 5 rings (SSSR count). The maximum Gasteiger partial charge on any atom is 0.287 e. The first-order valence-corrected chi connectivity index (χ1v) is 11.4. The molecule has 162 valence electrons. The number of benzene rings is 2. The number of aromatic nitrogens is 2. The van der Waals surface area contributed by atoms with Crippen LogP contribution in [0, 0.1) is 11.3 Å². The van der Waals surface area contributed by atoms with Crippen molar-refractivity contribution < 1.29 is 13.9 Å². The summed E-state index contributed by atoms with van der Waals surface area (Å²) in [5.41, 5.74) is 4.78. The van der Waals surface area contributed by atoms with Crippen LogP contribution >= 0.6 is 11.8 Å². The van der Waals surface area contributed by atoms with Crippen LogP contribution < -0.4 is 0 Å². The number of ether oxygens (including phenoxy) is 2. The fraction of sp³-hybridized carbons (Fsp3) is 0.115. The molecule has 0 saturated carbocycles. The molecule has 7 heteroatoms. The normalized spacial score (nSPS) is 14.9. The molecule has 0 saturated heterocycles. The minimum Gasteiger partial charge on any atom is -0.465 e.